The van der Waals surface area contributed by atoms with Crippen molar-refractivity contribution in [1.29, 1.82) is 0 Å². The topological polar surface area (TPSA) is 72.8 Å². The zero-order chi connectivity index (χ0) is 26.1. The highest BCUT2D eigenvalue weighted by Gasteiger charge is 2.45. The third-order valence-corrected chi connectivity index (χ3v) is 7.22. The highest BCUT2D eigenvalue weighted by Crippen LogP contribution is 2.45. The van der Waals surface area contributed by atoms with Gasteiger partial charge in [-0.15, -0.1) is 0 Å². The molecule has 1 aliphatic rings. The summed E-state index contributed by atoms with van der Waals surface area (Å²) in [6, 6.07) is 19.9. The molecule has 4 aromatic rings. The van der Waals surface area contributed by atoms with Crippen LogP contribution in [0.25, 0.3) is 10.9 Å². The molecule has 7 nitrogen and oxygen atoms in total. The number of methoxy groups -OCH3 is 2. The van der Waals surface area contributed by atoms with E-state index in [1.165, 1.54) is 0 Å². The normalized spacial score (nSPS) is 17.1. The SMILES string of the molecule is COCCN1C(=O)c2ccccc2[C@H](C(=O)Nc2ccc(OC)c(Cl)c2)[C@H]1c1cn(C)c2ccccc12. The summed E-state index contributed by atoms with van der Waals surface area (Å²) in [6.45, 7) is 0.688. The van der Waals surface area contributed by atoms with Crippen molar-refractivity contribution in [3.8, 4) is 5.75 Å². The van der Waals surface area contributed by atoms with Gasteiger partial charge in [0.25, 0.3) is 5.91 Å². The van der Waals surface area contributed by atoms with Crippen LogP contribution in [-0.4, -0.2) is 48.7 Å². The number of fused-ring (bicyclic) bond motifs is 2. The summed E-state index contributed by atoms with van der Waals surface area (Å²) in [7, 11) is 5.12. The van der Waals surface area contributed by atoms with Crippen molar-refractivity contribution in [1.82, 2.24) is 9.47 Å². The summed E-state index contributed by atoms with van der Waals surface area (Å²) in [5, 5.41) is 4.43. The van der Waals surface area contributed by atoms with Gasteiger partial charge in [-0.2, -0.15) is 0 Å². The minimum Gasteiger partial charge on any atom is -0.495 e. The molecule has 2 heterocycles. The lowest BCUT2D eigenvalue weighted by atomic mass is 9.79. The number of rotatable bonds is 7. The number of carbonyl (C=O) groups is 2. The van der Waals surface area contributed by atoms with Gasteiger partial charge in [-0.3, -0.25) is 9.59 Å². The lowest BCUT2D eigenvalue weighted by molar-refractivity contribution is -0.119. The van der Waals surface area contributed by atoms with Crippen LogP contribution < -0.4 is 10.1 Å². The van der Waals surface area contributed by atoms with Crippen LogP contribution in [0, 0.1) is 0 Å². The van der Waals surface area contributed by atoms with Crippen molar-refractivity contribution < 1.29 is 19.1 Å². The van der Waals surface area contributed by atoms with Gasteiger partial charge >= 0.3 is 0 Å². The van der Waals surface area contributed by atoms with E-state index in [-0.39, 0.29) is 11.8 Å². The van der Waals surface area contributed by atoms with E-state index < -0.39 is 12.0 Å². The van der Waals surface area contributed by atoms with E-state index in [0.29, 0.717) is 40.7 Å². The second-order valence-corrected chi connectivity index (χ2v) is 9.46. The molecular formula is C29H28ClN3O4. The van der Waals surface area contributed by atoms with Gasteiger partial charge in [0.05, 0.1) is 30.7 Å². The van der Waals surface area contributed by atoms with Gasteiger partial charge in [0, 0.05) is 54.6 Å². The first-order valence-electron chi connectivity index (χ1n) is 12.0. The summed E-state index contributed by atoms with van der Waals surface area (Å²) in [4.78, 5) is 29.6. The number of halogens is 1. The molecule has 0 unspecified atom stereocenters. The van der Waals surface area contributed by atoms with Crippen molar-refractivity contribution in [2.45, 2.75) is 12.0 Å². The van der Waals surface area contributed by atoms with Crippen molar-refractivity contribution in [2.75, 3.05) is 32.7 Å². The van der Waals surface area contributed by atoms with Gasteiger partial charge < -0.3 is 24.3 Å². The third-order valence-electron chi connectivity index (χ3n) is 6.92. The molecule has 0 spiro atoms. The molecule has 8 heteroatoms. The number of nitrogens with zero attached hydrogens (tertiary/aromatic N) is 2. The smallest absolute Gasteiger partial charge is 0.254 e. The van der Waals surface area contributed by atoms with Crippen LogP contribution in [0.15, 0.2) is 72.9 Å². The van der Waals surface area contributed by atoms with Gasteiger partial charge in [-0.25, -0.2) is 0 Å². The average Bonchev–Trinajstić information content (AvgIpc) is 3.24. The number of hydrogen-bond donors (Lipinski definition) is 1. The largest absolute Gasteiger partial charge is 0.495 e. The molecule has 0 aliphatic carbocycles. The molecule has 0 bridgehead atoms. The van der Waals surface area contributed by atoms with Crippen LogP contribution in [0.2, 0.25) is 5.02 Å². The Kier molecular flexibility index (Phi) is 6.91. The molecule has 0 fully saturated rings. The number of hydrogen-bond acceptors (Lipinski definition) is 4. The van der Waals surface area contributed by atoms with Crippen molar-refractivity contribution in [2.24, 2.45) is 7.05 Å². The number of aromatic nitrogens is 1. The maximum absolute atomic E-state index is 14.1. The molecule has 37 heavy (non-hydrogen) atoms. The maximum atomic E-state index is 14.1. The van der Waals surface area contributed by atoms with Crippen molar-refractivity contribution >= 4 is 40.0 Å². The number of amides is 2. The van der Waals surface area contributed by atoms with Crippen molar-refractivity contribution in [3.63, 3.8) is 0 Å². The zero-order valence-electron chi connectivity index (χ0n) is 20.9. The second-order valence-electron chi connectivity index (χ2n) is 9.05. The van der Waals surface area contributed by atoms with E-state index in [1.807, 2.05) is 60.3 Å². The Morgan fingerprint density at radius 3 is 2.54 bits per heavy atom. The molecular weight excluding hydrogens is 490 g/mol. The molecule has 5 rings (SSSR count). The Balaban J connectivity index is 1.67. The minimum absolute atomic E-state index is 0.123. The second kappa shape index (κ2) is 10.3. The van der Waals surface area contributed by atoms with E-state index in [9.17, 15) is 9.59 Å². The van der Waals surface area contributed by atoms with Crippen LogP contribution in [0.3, 0.4) is 0 Å². The van der Waals surface area contributed by atoms with Gasteiger partial charge in [-0.1, -0.05) is 48.0 Å². The predicted octanol–water partition coefficient (Wildman–Crippen LogP) is 5.41. The summed E-state index contributed by atoms with van der Waals surface area (Å²) >= 11 is 6.33. The first kappa shape index (κ1) is 24.9. The molecule has 0 saturated carbocycles. The molecule has 1 N–H and O–H groups in total. The lowest BCUT2D eigenvalue weighted by Gasteiger charge is -2.41. The van der Waals surface area contributed by atoms with E-state index in [4.69, 9.17) is 21.1 Å². The van der Waals surface area contributed by atoms with E-state index in [2.05, 4.69) is 5.32 Å². The van der Waals surface area contributed by atoms with E-state index in [0.717, 1.165) is 16.5 Å². The minimum atomic E-state index is -0.669. The number of benzene rings is 3. The quantitative estimate of drug-likeness (QED) is 0.356. The number of para-hydroxylation sites is 1. The Morgan fingerprint density at radius 2 is 1.78 bits per heavy atom. The highest BCUT2D eigenvalue weighted by atomic mass is 35.5. The predicted molar refractivity (Wildman–Crippen MR) is 144 cm³/mol. The van der Waals surface area contributed by atoms with Gasteiger partial charge in [0.1, 0.15) is 5.75 Å². The molecule has 1 aliphatic heterocycles. The fraction of sp³-hybridized carbons (Fsp3) is 0.241. The van der Waals surface area contributed by atoms with E-state index in [1.54, 1.807) is 43.4 Å². The van der Waals surface area contributed by atoms with Gasteiger partial charge in [-0.05, 0) is 35.9 Å². The first-order valence-corrected chi connectivity index (χ1v) is 12.4. The molecule has 3 aromatic carbocycles. The Morgan fingerprint density at radius 1 is 1.03 bits per heavy atom. The highest BCUT2D eigenvalue weighted by molar-refractivity contribution is 6.32. The fourth-order valence-corrected chi connectivity index (χ4v) is 5.49. The Bertz CT molecular complexity index is 1480. The van der Waals surface area contributed by atoms with Crippen LogP contribution in [0.1, 0.15) is 33.4 Å². The fourth-order valence-electron chi connectivity index (χ4n) is 5.23. The zero-order valence-corrected chi connectivity index (χ0v) is 21.7. The molecule has 190 valence electrons. The average molecular weight is 518 g/mol. The molecule has 2 amide bonds. The standard InChI is InChI=1S/C29H28ClN3O4/c1-32-17-22(19-8-6-7-11-24(19)32)27-26(28(34)31-18-12-13-25(37-3)23(30)16-18)20-9-4-5-10-21(20)29(35)33(27)14-15-36-2/h4-13,16-17,26-27H,14-15H2,1-3H3,(H,31,34)/t26-,27+/m0/s1. The molecule has 0 saturated heterocycles. The number of ether oxygens (including phenoxy) is 2. The lowest BCUT2D eigenvalue weighted by Crippen LogP contribution is -2.47. The Labute approximate surface area is 220 Å². The number of nitrogens with one attached hydrogen (secondary N) is 1. The van der Waals surface area contributed by atoms with Crippen LogP contribution in [0.5, 0.6) is 5.75 Å². The van der Waals surface area contributed by atoms with Crippen LogP contribution in [0.4, 0.5) is 5.69 Å². The summed E-state index contributed by atoms with van der Waals surface area (Å²) in [5.41, 5.74) is 3.69. The third kappa shape index (κ3) is 4.45. The molecule has 2 atom stereocenters. The first-order chi connectivity index (χ1) is 17.9. The van der Waals surface area contributed by atoms with Crippen LogP contribution in [-0.2, 0) is 16.6 Å². The number of aryl methyl sites for hydroxylation is 1. The Hall–Kier alpha value is -3.81. The van der Waals surface area contributed by atoms with E-state index >= 15 is 0 Å². The maximum Gasteiger partial charge on any atom is 0.254 e. The summed E-state index contributed by atoms with van der Waals surface area (Å²) < 4.78 is 12.6. The summed E-state index contributed by atoms with van der Waals surface area (Å²) in [6.07, 6.45) is 2.01. The monoisotopic (exact) mass is 517 g/mol. The summed E-state index contributed by atoms with van der Waals surface area (Å²) in [5.74, 6) is -0.506. The van der Waals surface area contributed by atoms with Gasteiger partial charge in [0.15, 0.2) is 0 Å². The van der Waals surface area contributed by atoms with Gasteiger partial charge in [0.2, 0.25) is 5.91 Å². The molecule has 0 radical (unpaired) electrons. The van der Waals surface area contributed by atoms with Crippen LogP contribution >= 0.6 is 11.6 Å². The number of carbonyl (C=O) groups excluding carboxylic acids is 2. The molecule has 1 aromatic heterocycles. The van der Waals surface area contributed by atoms with Crippen molar-refractivity contribution in [3.05, 3.63) is 94.6 Å². The number of anilines is 1.